The van der Waals surface area contributed by atoms with E-state index in [1.54, 1.807) is 0 Å². The average molecular weight is 208 g/mol. The van der Waals surface area contributed by atoms with Crippen LogP contribution in [0, 0.1) is 0 Å². The molecule has 0 atom stereocenters. The number of benzene rings is 1. The number of carboxylic acid groups (broad SMARTS) is 1. The van der Waals surface area contributed by atoms with Crippen LogP contribution in [0.4, 0.5) is 0 Å². The maximum Gasteiger partial charge on any atom is 0.336 e. The largest absolute Gasteiger partial charge is 0.478 e. The molecular weight excluding hydrogens is 200 g/mol. The molecule has 1 aromatic rings. The van der Waals surface area contributed by atoms with Crippen molar-refractivity contribution < 1.29 is 19.5 Å². The first-order chi connectivity index (χ1) is 6.93. The van der Waals surface area contributed by atoms with E-state index in [4.69, 9.17) is 16.6 Å². The predicted molar refractivity (Wildman–Crippen MR) is 50.4 cm³/mol. The lowest BCUT2D eigenvalue weighted by Crippen LogP contribution is -2.18. The minimum absolute atomic E-state index is 0.0115. The summed E-state index contributed by atoms with van der Waals surface area (Å²) in [4.78, 5) is 32.4. The van der Waals surface area contributed by atoms with Crippen molar-refractivity contribution in [2.45, 2.75) is 0 Å². The molecule has 2 amide bonds. The summed E-state index contributed by atoms with van der Waals surface area (Å²) in [5, 5.41) is 8.76. The van der Waals surface area contributed by atoms with Crippen molar-refractivity contribution in [3.63, 3.8) is 0 Å². The van der Waals surface area contributed by atoms with Crippen molar-refractivity contribution in [1.29, 1.82) is 0 Å². The summed E-state index contributed by atoms with van der Waals surface area (Å²) in [6.45, 7) is 0. The summed E-state index contributed by atoms with van der Waals surface area (Å²) in [6.07, 6.45) is 0. The maximum atomic E-state index is 10.9. The highest BCUT2D eigenvalue weighted by Gasteiger charge is 2.16. The molecule has 0 aromatic heterocycles. The van der Waals surface area contributed by atoms with Gasteiger partial charge in [0.25, 0.3) is 0 Å². The van der Waals surface area contributed by atoms with Crippen molar-refractivity contribution >= 4 is 17.8 Å². The minimum Gasteiger partial charge on any atom is -0.478 e. The third-order valence-electron chi connectivity index (χ3n) is 1.80. The van der Waals surface area contributed by atoms with E-state index in [-0.39, 0.29) is 16.7 Å². The van der Waals surface area contributed by atoms with Crippen molar-refractivity contribution in [2.75, 3.05) is 0 Å². The van der Waals surface area contributed by atoms with Gasteiger partial charge in [-0.2, -0.15) is 0 Å². The lowest BCUT2D eigenvalue weighted by Gasteiger charge is -2.03. The van der Waals surface area contributed by atoms with Gasteiger partial charge in [0.05, 0.1) is 11.1 Å². The Morgan fingerprint density at radius 3 is 2.00 bits per heavy atom. The number of carbonyl (C=O) groups excluding carboxylic acids is 2. The van der Waals surface area contributed by atoms with Gasteiger partial charge in [-0.05, 0) is 18.2 Å². The van der Waals surface area contributed by atoms with Crippen molar-refractivity contribution in [3.05, 3.63) is 34.9 Å². The fourth-order valence-corrected chi connectivity index (χ4v) is 1.09. The highest BCUT2D eigenvalue weighted by molar-refractivity contribution is 6.06. The van der Waals surface area contributed by atoms with E-state index in [1.807, 2.05) is 0 Å². The Hall–Kier alpha value is -2.37. The number of carbonyl (C=O) groups is 3. The fraction of sp³-hybridized carbons (Fsp3) is 0. The Bertz CT molecular complexity index is 453. The van der Waals surface area contributed by atoms with Gasteiger partial charge in [-0.25, -0.2) is 4.79 Å². The number of hydrogen-bond acceptors (Lipinski definition) is 3. The molecule has 0 aliphatic rings. The quantitative estimate of drug-likeness (QED) is 0.624. The lowest BCUT2D eigenvalue weighted by molar-refractivity contribution is 0.0692. The van der Waals surface area contributed by atoms with Crippen LogP contribution < -0.4 is 11.5 Å². The molecule has 0 aliphatic heterocycles. The highest BCUT2D eigenvalue weighted by atomic mass is 16.4. The first kappa shape index (κ1) is 10.7. The number of nitrogens with two attached hydrogens (primary N) is 2. The Morgan fingerprint density at radius 2 is 1.60 bits per heavy atom. The zero-order valence-corrected chi connectivity index (χ0v) is 7.56. The first-order valence-electron chi connectivity index (χ1n) is 3.90. The lowest BCUT2D eigenvalue weighted by atomic mass is 10.0. The topological polar surface area (TPSA) is 123 Å². The normalized spacial score (nSPS) is 9.60. The van der Waals surface area contributed by atoms with Crippen LogP contribution in [0.1, 0.15) is 31.1 Å². The fourth-order valence-electron chi connectivity index (χ4n) is 1.09. The molecule has 1 aromatic carbocycles. The predicted octanol–water partition coefficient (Wildman–Crippen LogP) is -0.417. The Balaban J connectivity index is 3.40. The molecule has 78 valence electrons. The third-order valence-corrected chi connectivity index (χ3v) is 1.80. The summed E-state index contributed by atoms with van der Waals surface area (Å²) in [6, 6.07) is 3.42. The van der Waals surface area contributed by atoms with Gasteiger partial charge in [0.2, 0.25) is 11.8 Å². The summed E-state index contributed by atoms with van der Waals surface area (Å²) < 4.78 is 0. The van der Waals surface area contributed by atoms with E-state index in [1.165, 1.54) is 6.07 Å². The highest BCUT2D eigenvalue weighted by Crippen LogP contribution is 2.11. The van der Waals surface area contributed by atoms with Gasteiger partial charge in [-0.3, -0.25) is 9.59 Å². The molecule has 0 fully saturated rings. The molecule has 0 aliphatic carbocycles. The van der Waals surface area contributed by atoms with Gasteiger partial charge in [0.15, 0.2) is 0 Å². The molecule has 5 N–H and O–H groups in total. The smallest absolute Gasteiger partial charge is 0.336 e. The van der Waals surface area contributed by atoms with Crippen LogP contribution in [0.15, 0.2) is 18.2 Å². The number of rotatable bonds is 3. The van der Waals surface area contributed by atoms with Crippen molar-refractivity contribution in [3.8, 4) is 0 Å². The number of carboxylic acids is 1. The standard InChI is InChI=1S/C9H8N2O4/c10-7(12)4-1-2-5(8(11)13)6(3-4)9(14)15/h1-3H,(H2,10,12)(H2,11,13)(H,14,15). The van der Waals surface area contributed by atoms with E-state index in [0.29, 0.717) is 0 Å². The zero-order chi connectivity index (χ0) is 11.6. The molecule has 6 heteroatoms. The van der Waals surface area contributed by atoms with Crippen LogP contribution in [-0.2, 0) is 0 Å². The molecule has 0 unspecified atom stereocenters. The molecule has 1 rings (SSSR count). The maximum absolute atomic E-state index is 10.9. The van der Waals surface area contributed by atoms with Gasteiger partial charge in [-0.1, -0.05) is 0 Å². The van der Waals surface area contributed by atoms with Gasteiger partial charge < -0.3 is 16.6 Å². The summed E-state index contributed by atoms with van der Waals surface area (Å²) in [5.41, 5.74) is 9.44. The monoisotopic (exact) mass is 208 g/mol. The molecule has 0 saturated carbocycles. The van der Waals surface area contributed by atoms with Crippen LogP contribution >= 0.6 is 0 Å². The van der Waals surface area contributed by atoms with Gasteiger partial charge in [0, 0.05) is 5.56 Å². The Morgan fingerprint density at radius 1 is 1.00 bits per heavy atom. The van der Waals surface area contributed by atoms with Crippen LogP contribution in [0.3, 0.4) is 0 Å². The van der Waals surface area contributed by atoms with Crippen molar-refractivity contribution in [1.82, 2.24) is 0 Å². The number of hydrogen-bond donors (Lipinski definition) is 3. The van der Waals surface area contributed by atoms with E-state index >= 15 is 0 Å². The van der Waals surface area contributed by atoms with E-state index in [9.17, 15) is 14.4 Å². The second-order valence-corrected chi connectivity index (χ2v) is 2.79. The SMILES string of the molecule is NC(=O)c1ccc(C(N)=O)c(C(=O)O)c1. The molecule has 0 bridgehead atoms. The van der Waals surface area contributed by atoms with Crippen LogP contribution in [0.2, 0.25) is 0 Å². The average Bonchev–Trinajstić information content (AvgIpc) is 2.16. The number of aromatic carboxylic acids is 1. The van der Waals surface area contributed by atoms with Crippen molar-refractivity contribution in [2.24, 2.45) is 11.5 Å². The molecule has 0 saturated heterocycles. The second-order valence-electron chi connectivity index (χ2n) is 2.79. The van der Waals surface area contributed by atoms with Gasteiger partial charge in [0.1, 0.15) is 0 Å². The van der Waals surface area contributed by atoms with Crippen LogP contribution in [0.5, 0.6) is 0 Å². The molecular formula is C9H8N2O4. The Kier molecular flexibility index (Phi) is 2.70. The molecule has 6 nitrogen and oxygen atoms in total. The summed E-state index contributed by atoms with van der Waals surface area (Å²) in [7, 11) is 0. The molecule has 0 spiro atoms. The zero-order valence-electron chi connectivity index (χ0n) is 7.56. The third kappa shape index (κ3) is 2.11. The summed E-state index contributed by atoms with van der Waals surface area (Å²) in [5.74, 6) is -2.98. The van der Waals surface area contributed by atoms with Gasteiger partial charge >= 0.3 is 5.97 Å². The molecule has 0 radical (unpaired) electrons. The van der Waals surface area contributed by atoms with Gasteiger partial charge in [-0.15, -0.1) is 0 Å². The number of primary amides is 2. The summed E-state index contributed by atoms with van der Waals surface area (Å²) >= 11 is 0. The molecule has 0 heterocycles. The van der Waals surface area contributed by atoms with Crippen LogP contribution in [-0.4, -0.2) is 22.9 Å². The second kappa shape index (κ2) is 3.79. The minimum atomic E-state index is -1.34. The molecule has 15 heavy (non-hydrogen) atoms. The van der Waals surface area contributed by atoms with E-state index in [2.05, 4.69) is 0 Å². The first-order valence-corrected chi connectivity index (χ1v) is 3.90. The Labute approximate surface area is 84.5 Å². The number of amides is 2. The van der Waals surface area contributed by atoms with E-state index < -0.39 is 17.8 Å². The van der Waals surface area contributed by atoms with Crippen LogP contribution in [0.25, 0.3) is 0 Å². The van der Waals surface area contributed by atoms with E-state index in [0.717, 1.165) is 12.1 Å².